The highest BCUT2D eigenvalue weighted by Gasteiger charge is 2.38. The van der Waals surface area contributed by atoms with Gasteiger partial charge in [0.25, 0.3) is 0 Å². The first-order valence-corrected chi connectivity index (χ1v) is 8.06. The number of carboxylic acid groups (broad SMARTS) is 1. The fourth-order valence-corrected chi connectivity index (χ4v) is 3.36. The molecule has 1 fully saturated rings. The van der Waals surface area contributed by atoms with Gasteiger partial charge >= 0.3 is 6.09 Å². The van der Waals surface area contributed by atoms with E-state index in [1.807, 2.05) is 20.8 Å². The van der Waals surface area contributed by atoms with Crippen LogP contribution in [0.1, 0.15) is 40.5 Å². The molecule has 23 heavy (non-hydrogen) atoms. The zero-order valence-corrected chi connectivity index (χ0v) is 14.7. The van der Waals surface area contributed by atoms with E-state index in [0.717, 1.165) is 12.8 Å². The van der Waals surface area contributed by atoms with Crippen molar-refractivity contribution in [3.05, 3.63) is 11.2 Å². The van der Waals surface area contributed by atoms with Crippen LogP contribution < -0.4 is 10.6 Å². The summed E-state index contributed by atoms with van der Waals surface area (Å²) in [5, 5.41) is 9.90. The van der Waals surface area contributed by atoms with Gasteiger partial charge < -0.3 is 15.7 Å². The summed E-state index contributed by atoms with van der Waals surface area (Å²) in [4.78, 5) is 23.4. The summed E-state index contributed by atoms with van der Waals surface area (Å²) in [7, 11) is 0. The maximum atomic E-state index is 11.7. The summed E-state index contributed by atoms with van der Waals surface area (Å²) in [6, 6.07) is 1.78. The van der Waals surface area contributed by atoms with Crippen LogP contribution in [-0.4, -0.2) is 50.2 Å². The fraction of sp³-hybridized carbons (Fsp3) is 0.667. The molecule has 1 aromatic rings. The Morgan fingerprint density at radius 1 is 1.43 bits per heavy atom. The second-order valence-corrected chi connectivity index (χ2v) is 7.35. The zero-order chi connectivity index (χ0) is 17.4. The van der Waals surface area contributed by atoms with Gasteiger partial charge in [-0.25, -0.2) is 9.78 Å². The Balaban J connectivity index is 2.30. The molecule has 0 saturated carbocycles. The first kappa shape index (κ1) is 17.6. The van der Waals surface area contributed by atoms with E-state index in [1.165, 1.54) is 4.90 Å². The number of carbonyl (C=O) groups is 1. The number of hydrogen-bond acceptors (Lipinski definition) is 5. The molecule has 3 N–H and O–H groups in total. The standard InChI is InChI=1S/C15H24ClN5O2/c1-9-5-6-10(21(14(22)23)15(2,3)4)8-20(9)12-7-11(16)18-13(17)19-12/h7,9-10H,5-6,8H2,1-4H3,(H,22,23)(H2,17,18,19). The van der Waals surface area contributed by atoms with E-state index in [4.69, 9.17) is 17.3 Å². The van der Waals surface area contributed by atoms with Gasteiger partial charge in [-0.2, -0.15) is 4.98 Å². The maximum absolute atomic E-state index is 11.7. The molecule has 2 rings (SSSR count). The van der Waals surface area contributed by atoms with E-state index in [0.29, 0.717) is 12.4 Å². The average Bonchev–Trinajstić information content (AvgIpc) is 2.37. The summed E-state index contributed by atoms with van der Waals surface area (Å²) in [6.45, 7) is 8.36. The summed E-state index contributed by atoms with van der Waals surface area (Å²) in [5.74, 6) is 0.756. The predicted octanol–water partition coefficient (Wildman–Crippen LogP) is 2.85. The number of halogens is 1. The molecule has 0 spiro atoms. The molecular weight excluding hydrogens is 318 g/mol. The third kappa shape index (κ3) is 3.96. The van der Waals surface area contributed by atoms with E-state index in [9.17, 15) is 9.90 Å². The van der Waals surface area contributed by atoms with Crippen LogP contribution in [-0.2, 0) is 0 Å². The molecule has 1 aliphatic heterocycles. The van der Waals surface area contributed by atoms with Gasteiger partial charge in [0.15, 0.2) is 0 Å². The molecule has 1 aromatic heterocycles. The minimum Gasteiger partial charge on any atom is -0.465 e. The lowest BCUT2D eigenvalue weighted by Crippen LogP contribution is -2.58. The summed E-state index contributed by atoms with van der Waals surface area (Å²) < 4.78 is 0. The van der Waals surface area contributed by atoms with Crippen molar-refractivity contribution in [2.24, 2.45) is 0 Å². The summed E-state index contributed by atoms with van der Waals surface area (Å²) in [5.41, 5.74) is 5.22. The number of anilines is 2. The van der Waals surface area contributed by atoms with Crippen LogP contribution in [0.4, 0.5) is 16.6 Å². The van der Waals surface area contributed by atoms with Crippen LogP contribution >= 0.6 is 11.6 Å². The molecule has 0 aromatic carbocycles. The number of piperidine rings is 1. The Labute approximate surface area is 141 Å². The number of amides is 1. The van der Waals surface area contributed by atoms with Crippen LogP contribution in [0.3, 0.4) is 0 Å². The van der Waals surface area contributed by atoms with Gasteiger partial charge in [0.2, 0.25) is 5.95 Å². The molecule has 7 nitrogen and oxygen atoms in total. The number of nitrogen functional groups attached to an aromatic ring is 1. The van der Waals surface area contributed by atoms with E-state index < -0.39 is 11.6 Å². The van der Waals surface area contributed by atoms with Crippen molar-refractivity contribution in [3.63, 3.8) is 0 Å². The first-order chi connectivity index (χ1) is 10.6. The van der Waals surface area contributed by atoms with Gasteiger partial charge in [-0.05, 0) is 40.5 Å². The Morgan fingerprint density at radius 3 is 2.61 bits per heavy atom. The monoisotopic (exact) mass is 341 g/mol. The lowest BCUT2D eigenvalue weighted by Gasteiger charge is -2.46. The Morgan fingerprint density at radius 2 is 2.09 bits per heavy atom. The van der Waals surface area contributed by atoms with Crippen molar-refractivity contribution in [2.45, 2.75) is 58.2 Å². The molecular formula is C15H24ClN5O2. The highest BCUT2D eigenvalue weighted by molar-refractivity contribution is 6.29. The van der Waals surface area contributed by atoms with E-state index >= 15 is 0 Å². The molecule has 2 heterocycles. The highest BCUT2D eigenvalue weighted by Crippen LogP contribution is 2.30. The molecule has 1 aliphatic rings. The Hall–Kier alpha value is -1.76. The highest BCUT2D eigenvalue weighted by atomic mass is 35.5. The lowest BCUT2D eigenvalue weighted by atomic mass is 9.94. The van der Waals surface area contributed by atoms with Gasteiger partial charge in [-0.15, -0.1) is 0 Å². The Kier molecular flexibility index (Phi) is 4.89. The number of rotatable bonds is 2. The van der Waals surface area contributed by atoms with Crippen LogP contribution in [0.5, 0.6) is 0 Å². The minimum absolute atomic E-state index is 0.112. The molecule has 1 amide bonds. The SMILES string of the molecule is CC1CCC(N(C(=O)O)C(C)(C)C)CN1c1cc(Cl)nc(N)n1. The molecule has 0 radical (unpaired) electrons. The van der Waals surface area contributed by atoms with Crippen molar-refractivity contribution in [1.82, 2.24) is 14.9 Å². The molecule has 0 aliphatic carbocycles. The summed E-state index contributed by atoms with van der Waals surface area (Å²) >= 11 is 5.98. The largest absolute Gasteiger partial charge is 0.465 e. The quantitative estimate of drug-likeness (QED) is 0.803. The average molecular weight is 342 g/mol. The maximum Gasteiger partial charge on any atom is 0.408 e. The molecule has 1 saturated heterocycles. The van der Waals surface area contributed by atoms with Gasteiger partial charge in [-0.3, -0.25) is 4.90 Å². The van der Waals surface area contributed by atoms with Crippen LogP contribution in [0, 0.1) is 0 Å². The van der Waals surface area contributed by atoms with Crippen molar-refractivity contribution in [1.29, 1.82) is 0 Å². The van der Waals surface area contributed by atoms with Gasteiger partial charge in [-0.1, -0.05) is 11.6 Å². The zero-order valence-electron chi connectivity index (χ0n) is 14.0. The number of nitrogens with two attached hydrogens (primary N) is 1. The first-order valence-electron chi connectivity index (χ1n) is 7.68. The van der Waals surface area contributed by atoms with Crippen LogP contribution in [0.25, 0.3) is 0 Å². The number of hydrogen-bond donors (Lipinski definition) is 2. The molecule has 8 heteroatoms. The Bertz CT molecular complexity index is 569. The minimum atomic E-state index is -0.905. The smallest absolute Gasteiger partial charge is 0.408 e. The van der Waals surface area contributed by atoms with Crippen molar-refractivity contribution in [3.8, 4) is 0 Å². The number of nitrogens with zero attached hydrogens (tertiary/aromatic N) is 4. The van der Waals surface area contributed by atoms with E-state index in [1.54, 1.807) is 6.07 Å². The molecule has 128 valence electrons. The third-order valence-corrected chi connectivity index (χ3v) is 4.34. The van der Waals surface area contributed by atoms with Gasteiger partial charge in [0.1, 0.15) is 11.0 Å². The van der Waals surface area contributed by atoms with Crippen LogP contribution in [0.2, 0.25) is 5.15 Å². The molecule has 2 atom stereocenters. The van der Waals surface area contributed by atoms with Crippen molar-refractivity contribution < 1.29 is 9.90 Å². The van der Waals surface area contributed by atoms with Crippen LogP contribution in [0.15, 0.2) is 6.07 Å². The third-order valence-electron chi connectivity index (χ3n) is 4.14. The second-order valence-electron chi connectivity index (χ2n) is 6.96. The van der Waals surface area contributed by atoms with Crippen molar-refractivity contribution in [2.75, 3.05) is 17.2 Å². The van der Waals surface area contributed by atoms with E-state index in [2.05, 4.69) is 21.8 Å². The van der Waals surface area contributed by atoms with Crippen molar-refractivity contribution >= 4 is 29.5 Å². The normalized spacial score (nSPS) is 22.0. The molecule has 2 unspecified atom stereocenters. The van der Waals surface area contributed by atoms with Gasteiger partial charge in [0, 0.05) is 24.2 Å². The molecule has 0 bridgehead atoms. The predicted molar refractivity (Wildman–Crippen MR) is 90.9 cm³/mol. The second kappa shape index (κ2) is 6.39. The number of aromatic nitrogens is 2. The fourth-order valence-electron chi connectivity index (χ4n) is 3.18. The topological polar surface area (TPSA) is 95.6 Å². The van der Waals surface area contributed by atoms with E-state index in [-0.39, 0.29) is 23.2 Å². The summed E-state index contributed by atoms with van der Waals surface area (Å²) in [6.07, 6.45) is 0.777. The van der Waals surface area contributed by atoms with Gasteiger partial charge in [0.05, 0.1) is 6.04 Å². The lowest BCUT2D eigenvalue weighted by molar-refractivity contribution is 0.0621.